The van der Waals surface area contributed by atoms with Gasteiger partial charge in [0.2, 0.25) is 12.3 Å². The van der Waals surface area contributed by atoms with E-state index in [4.69, 9.17) is 0 Å². The first kappa shape index (κ1) is 26.1. The molecule has 6 nitrogen and oxygen atoms in total. The maximum absolute atomic E-state index is 12.7. The molecule has 1 aromatic rings. The number of aromatic hydroxyl groups is 1. The summed E-state index contributed by atoms with van der Waals surface area (Å²) < 4.78 is 38.0. The molecule has 3 atom stereocenters. The van der Waals surface area contributed by atoms with Crippen LogP contribution in [-0.2, 0) is 15.0 Å². The van der Waals surface area contributed by atoms with Crippen molar-refractivity contribution in [1.82, 2.24) is 10.2 Å². The lowest BCUT2D eigenvalue weighted by molar-refractivity contribution is -0.156. The molecule has 0 bridgehead atoms. The predicted octanol–water partition coefficient (Wildman–Crippen LogP) is 3.57. The molecule has 1 aliphatic heterocycles. The van der Waals surface area contributed by atoms with Gasteiger partial charge in [-0.2, -0.15) is 13.2 Å². The summed E-state index contributed by atoms with van der Waals surface area (Å²) in [5.41, 5.74) is -1.22. The van der Waals surface area contributed by atoms with Crippen LogP contribution < -0.4 is 5.32 Å². The molecule has 0 radical (unpaired) electrons. The Morgan fingerprint density at radius 2 is 2.06 bits per heavy atom. The van der Waals surface area contributed by atoms with Gasteiger partial charge in [-0.1, -0.05) is 19.4 Å². The Morgan fingerprint density at radius 1 is 1.38 bits per heavy atom. The van der Waals surface area contributed by atoms with Gasteiger partial charge >= 0.3 is 6.18 Å². The standard InChI is InChI=1S/C23H33F3N2O4/c1-4-8-22(32)17(3)28(11-5-9-23(24,25)26)12-10-21(22,14-20(31)27-15-29)19-13-18(30)7-6-16(19)2/h6-7,13,15,17,30,32H,4-5,8-12,14H2,1-3H3,(H,27,29,31). The van der Waals surface area contributed by atoms with Gasteiger partial charge in [-0.25, -0.2) is 0 Å². The molecule has 180 valence electrons. The van der Waals surface area contributed by atoms with Crippen LogP contribution in [0.4, 0.5) is 13.2 Å². The molecule has 3 unspecified atom stereocenters. The zero-order valence-electron chi connectivity index (χ0n) is 18.8. The average molecular weight is 459 g/mol. The van der Waals surface area contributed by atoms with Gasteiger partial charge in [-0.05, 0) is 69.5 Å². The van der Waals surface area contributed by atoms with Gasteiger partial charge in [0.15, 0.2) is 0 Å². The normalized spacial score (nSPS) is 26.7. The number of hydrogen-bond donors (Lipinski definition) is 3. The average Bonchev–Trinajstić information content (AvgIpc) is 2.69. The van der Waals surface area contributed by atoms with E-state index >= 15 is 0 Å². The van der Waals surface area contributed by atoms with E-state index in [2.05, 4.69) is 5.32 Å². The minimum atomic E-state index is -4.24. The fourth-order valence-electron chi connectivity index (χ4n) is 5.28. The number of halogens is 3. The molecule has 1 heterocycles. The first-order chi connectivity index (χ1) is 14.9. The van der Waals surface area contributed by atoms with Crippen LogP contribution in [0.15, 0.2) is 18.2 Å². The zero-order chi connectivity index (χ0) is 24.2. The van der Waals surface area contributed by atoms with Gasteiger partial charge in [0.05, 0.1) is 5.60 Å². The first-order valence-corrected chi connectivity index (χ1v) is 11.0. The van der Waals surface area contributed by atoms with Crippen molar-refractivity contribution in [2.24, 2.45) is 0 Å². The van der Waals surface area contributed by atoms with Crippen LogP contribution in [-0.4, -0.2) is 58.3 Å². The largest absolute Gasteiger partial charge is 0.508 e. The first-order valence-electron chi connectivity index (χ1n) is 11.0. The van der Waals surface area contributed by atoms with Crippen molar-refractivity contribution >= 4 is 12.3 Å². The second-order valence-electron chi connectivity index (χ2n) is 8.80. The molecule has 0 aliphatic carbocycles. The van der Waals surface area contributed by atoms with Gasteiger partial charge in [0.25, 0.3) is 0 Å². The van der Waals surface area contributed by atoms with Crippen LogP contribution in [0.5, 0.6) is 5.75 Å². The third kappa shape index (κ3) is 5.43. The van der Waals surface area contributed by atoms with Crippen molar-refractivity contribution in [2.75, 3.05) is 13.1 Å². The fraction of sp³-hybridized carbons (Fsp3) is 0.652. The second kappa shape index (κ2) is 10.2. The van der Waals surface area contributed by atoms with E-state index in [-0.39, 0.29) is 31.6 Å². The highest BCUT2D eigenvalue weighted by Crippen LogP contribution is 2.51. The molecule has 32 heavy (non-hydrogen) atoms. The summed E-state index contributed by atoms with van der Waals surface area (Å²) in [6.07, 6.45) is -3.96. The molecule has 0 spiro atoms. The molecule has 1 saturated heterocycles. The fourth-order valence-corrected chi connectivity index (χ4v) is 5.28. The van der Waals surface area contributed by atoms with E-state index in [9.17, 15) is 33.0 Å². The number of likely N-dealkylation sites (tertiary alicyclic amines) is 1. The molecular formula is C23H33F3N2O4. The lowest BCUT2D eigenvalue weighted by Crippen LogP contribution is -2.68. The van der Waals surface area contributed by atoms with Crippen LogP contribution in [0.2, 0.25) is 0 Å². The molecule has 1 fully saturated rings. The summed E-state index contributed by atoms with van der Waals surface area (Å²) in [4.78, 5) is 25.3. The number of hydrogen-bond acceptors (Lipinski definition) is 5. The number of carbonyl (C=O) groups excluding carboxylic acids is 2. The monoisotopic (exact) mass is 458 g/mol. The summed E-state index contributed by atoms with van der Waals surface area (Å²) in [5.74, 6) is -0.574. The van der Waals surface area contributed by atoms with Gasteiger partial charge in [-0.3, -0.25) is 19.8 Å². The maximum Gasteiger partial charge on any atom is 0.389 e. The molecule has 3 N–H and O–H groups in total. The lowest BCUT2D eigenvalue weighted by Gasteiger charge is -2.58. The molecule has 0 aromatic heterocycles. The summed E-state index contributed by atoms with van der Waals surface area (Å²) in [6.45, 7) is 6.02. The van der Waals surface area contributed by atoms with E-state index in [1.807, 2.05) is 18.7 Å². The summed E-state index contributed by atoms with van der Waals surface area (Å²) >= 11 is 0. The highest BCUT2D eigenvalue weighted by molar-refractivity contribution is 5.87. The number of carbonyl (C=O) groups is 2. The van der Waals surface area contributed by atoms with Gasteiger partial charge in [0, 0.05) is 24.3 Å². The minimum Gasteiger partial charge on any atom is -0.508 e. The number of benzene rings is 1. The van der Waals surface area contributed by atoms with Crippen molar-refractivity contribution in [3.8, 4) is 5.75 Å². The number of aliphatic hydroxyl groups is 1. The van der Waals surface area contributed by atoms with E-state index in [0.717, 1.165) is 5.56 Å². The van der Waals surface area contributed by atoms with E-state index < -0.39 is 35.6 Å². The topological polar surface area (TPSA) is 89.9 Å². The quantitative estimate of drug-likeness (QED) is 0.493. The molecule has 2 rings (SSSR count). The minimum absolute atomic E-state index is 0.0140. The molecule has 9 heteroatoms. The summed E-state index contributed by atoms with van der Waals surface area (Å²) in [7, 11) is 0. The summed E-state index contributed by atoms with van der Waals surface area (Å²) in [5, 5.41) is 24.5. The highest BCUT2D eigenvalue weighted by atomic mass is 19.4. The van der Waals surface area contributed by atoms with E-state index in [1.54, 1.807) is 13.0 Å². The third-order valence-electron chi connectivity index (χ3n) is 6.85. The third-order valence-corrected chi connectivity index (χ3v) is 6.85. The number of piperidine rings is 1. The Balaban J connectivity index is 2.53. The number of imide groups is 1. The number of aryl methyl sites for hydroxylation is 1. The van der Waals surface area contributed by atoms with Gasteiger partial charge in [-0.15, -0.1) is 0 Å². The van der Waals surface area contributed by atoms with Crippen LogP contribution in [0, 0.1) is 6.92 Å². The Labute approximate surface area is 186 Å². The molecule has 1 aromatic carbocycles. The Morgan fingerprint density at radius 3 is 2.66 bits per heavy atom. The molecular weight excluding hydrogens is 425 g/mol. The predicted molar refractivity (Wildman–Crippen MR) is 114 cm³/mol. The number of rotatable bonds is 9. The van der Waals surface area contributed by atoms with E-state index in [1.165, 1.54) is 12.1 Å². The number of amides is 2. The number of nitrogens with one attached hydrogen (secondary N) is 1. The molecule has 0 saturated carbocycles. The maximum atomic E-state index is 12.7. The van der Waals surface area contributed by atoms with Crippen molar-refractivity contribution in [1.29, 1.82) is 0 Å². The summed E-state index contributed by atoms with van der Waals surface area (Å²) in [6, 6.07) is 4.22. The lowest BCUT2D eigenvalue weighted by atomic mass is 9.56. The van der Waals surface area contributed by atoms with Crippen molar-refractivity contribution in [3.63, 3.8) is 0 Å². The van der Waals surface area contributed by atoms with Gasteiger partial charge < -0.3 is 10.2 Å². The number of alkyl halides is 3. The Kier molecular flexibility index (Phi) is 8.33. The van der Waals surface area contributed by atoms with Crippen molar-refractivity contribution < 1.29 is 33.0 Å². The number of nitrogens with zero attached hydrogens (tertiary/aromatic N) is 1. The van der Waals surface area contributed by atoms with Crippen LogP contribution >= 0.6 is 0 Å². The van der Waals surface area contributed by atoms with Crippen molar-refractivity contribution in [2.45, 2.75) is 82.5 Å². The van der Waals surface area contributed by atoms with Gasteiger partial charge in [0.1, 0.15) is 5.75 Å². The zero-order valence-corrected chi connectivity index (χ0v) is 18.8. The Bertz CT molecular complexity index is 817. The molecule has 2 amide bonds. The smallest absolute Gasteiger partial charge is 0.389 e. The van der Waals surface area contributed by atoms with Crippen LogP contribution in [0.25, 0.3) is 0 Å². The molecule has 1 aliphatic rings. The van der Waals surface area contributed by atoms with Crippen LogP contribution in [0.3, 0.4) is 0 Å². The number of phenols is 1. The second-order valence-corrected chi connectivity index (χ2v) is 8.80. The number of phenolic OH excluding ortho intramolecular Hbond substituents is 1. The Hall–Kier alpha value is -2.13. The van der Waals surface area contributed by atoms with Crippen LogP contribution in [0.1, 0.15) is 63.5 Å². The van der Waals surface area contributed by atoms with E-state index in [0.29, 0.717) is 31.4 Å². The SMILES string of the molecule is CCCC1(O)C(C)N(CCCC(F)(F)F)CCC1(CC(=O)NC=O)c1cc(O)ccc1C. The highest BCUT2D eigenvalue weighted by Gasteiger charge is 2.59. The van der Waals surface area contributed by atoms with Crippen molar-refractivity contribution in [3.05, 3.63) is 29.3 Å².